The van der Waals surface area contributed by atoms with Gasteiger partial charge in [-0.2, -0.15) is 5.10 Å². The number of thiazole rings is 1. The van der Waals surface area contributed by atoms with E-state index < -0.39 is 6.04 Å². The van der Waals surface area contributed by atoms with Crippen LogP contribution in [0, 0.1) is 12.8 Å². The van der Waals surface area contributed by atoms with Gasteiger partial charge in [-0.15, -0.1) is 11.3 Å². The maximum absolute atomic E-state index is 13.7. The summed E-state index contributed by atoms with van der Waals surface area (Å²) < 4.78 is 13.2. The standard InChI is InChI=1S/C33H39N7O5S/c1-21(2)30-31-35-22(3)38-40(31)15-16-45-27-18-24(11-12-26(27)44-4)32(42)34-13-8-14-39(19-28(41)37-30)33(43)25-20-46-29(36-25)17-23-9-6-5-7-10-23/h5-7,9-12,18,20-21,30H,8,13-17,19H2,1-4H3,(H,34,42)(H,37,41)/t30-/m0/s1. The first-order valence-electron chi connectivity index (χ1n) is 15.3. The van der Waals surface area contributed by atoms with Crippen LogP contribution in [0.1, 0.15) is 69.4 Å². The molecule has 0 saturated carbocycles. The first-order chi connectivity index (χ1) is 22.2. The lowest BCUT2D eigenvalue weighted by Crippen LogP contribution is -2.44. The van der Waals surface area contributed by atoms with Crippen molar-refractivity contribution in [3.05, 3.63) is 87.4 Å². The number of ether oxygens (including phenoxy) is 2. The maximum atomic E-state index is 13.7. The molecule has 12 nitrogen and oxygen atoms in total. The number of carbonyl (C=O) groups excluding carboxylic acids is 3. The second-order valence-electron chi connectivity index (χ2n) is 11.4. The SMILES string of the molecule is COc1ccc2cc1OCCn1nc(C)nc1[C@H](C(C)C)NC(=O)CN(C(=O)c1csc(Cc3ccccc3)n1)CCCNC2=O. The summed E-state index contributed by atoms with van der Waals surface area (Å²) >= 11 is 1.41. The first kappa shape index (κ1) is 32.6. The van der Waals surface area contributed by atoms with E-state index in [4.69, 9.17) is 9.47 Å². The highest BCUT2D eigenvalue weighted by atomic mass is 32.1. The van der Waals surface area contributed by atoms with E-state index in [9.17, 15) is 14.4 Å². The highest BCUT2D eigenvalue weighted by Crippen LogP contribution is 2.28. The van der Waals surface area contributed by atoms with Crippen molar-refractivity contribution >= 4 is 29.1 Å². The quantitative estimate of drug-likeness (QED) is 0.334. The van der Waals surface area contributed by atoms with Gasteiger partial charge in [0.15, 0.2) is 11.5 Å². The van der Waals surface area contributed by atoms with E-state index in [0.29, 0.717) is 54.6 Å². The molecule has 5 rings (SSSR count). The van der Waals surface area contributed by atoms with Crippen molar-refractivity contribution in [3.8, 4) is 11.5 Å². The summed E-state index contributed by atoms with van der Waals surface area (Å²) in [5.74, 6) is 1.09. The van der Waals surface area contributed by atoms with Crippen molar-refractivity contribution in [2.24, 2.45) is 5.92 Å². The normalized spacial score (nSPS) is 16.5. The summed E-state index contributed by atoms with van der Waals surface area (Å²) in [6, 6.07) is 14.5. The highest BCUT2D eigenvalue weighted by molar-refractivity contribution is 7.09. The van der Waals surface area contributed by atoms with E-state index in [1.807, 2.05) is 44.2 Å². The van der Waals surface area contributed by atoms with Gasteiger partial charge in [-0.3, -0.25) is 14.4 Å². The number of aryl methyl sites for hydroxylation is 1. The van der Waals surface area contributed by atoms with Gasteiger partial charge in [0, 0.05) is 30.5 Å². The van der Waals surface area contributed by atoms with Crippen LogP contribution in [0.4, 0.5) is 0 Å². The van der Waals surface area contributed by atoms with Crippen LogP contribution >= 0.6 is 11.3 Å². The Hall–Kier alpha value is -4.78. The van der Waals surface area contributed by atoms with E-state index in [1.165, 1.54) is 23.3 Å². The lowest BCUT2D eigenvalue weighted by Gasteiger charge is -2.26. The van der Waals surface area contributed by atoms with Crippen LogP contribution in [-0.2, 0) is 17.8 Å². The molecule has 13 heteroatoms. The largest absolute Gasteiger partial charge is 0.493 e. The summed E-state index contributed by atoms with van der Waals surface area (Å²) in [6.45, 7) is 6.68. The molecule has 2 aromatic carbocycles. The Balaban J connectivity index is 1.41. The molecule has 1 atom stereocenters. The zero-order valence-corrected chi connectivity index (χ0v) is 27.3. The van der Waals surface area contributed by atoms with Gasteiger partial charge in [-0.1, -0.05) is 44.2 Å². The zero-order chi connectivity index (χ0) is 32.6. The fraction of sp³-hybridized carbons (Fsp3) is 0.394. The molecule has 3 amide bonds. The lowest BCUT2D eigenvalue weighted by atomic mass is 10.0. The molecular formula is C33H39N7O5S. The molecule has 3 heterocycles. The van der Waals surface area contributed by atoms with Gasteiger partial charge >= 0.3 is 0 Å². The predicted octanol–water partition coefficient (Wildman–Crippen LogP) is 3.81. The number of fused-ring (bicyclic) bond motifs is 3. The Bertz CT molecular complexity index is 1670. The first-order valence-corrected chi connectivity index (χ1v) is 16.2. The summed E-state index contributed by atoms with van der Waals surface area (Å²) in [5.41, 5.74) is 1.80. The fourth-order valence-corrected chi connectivity index (χ4v) is 6.01. The molecule has 0 saturated heterocycles. The molecule has 2 N–H and O–H groups in total. The fourth-order valence-electron chi connectivity index (χ4n) is 5.21. The Morgan fingerprint density at radius 1 is 1.13 bits per heavy atom. The summed E-state index contributed by atoms with van der Waals surface area (Å²) in [5, 5.41) is 13.1. The minimum absolute atomic E-state index is 0.0203. The summed E-state index contributed by atoms with van der Waals surface area (Å²) in [6.07, 6.45) is 1.03. The third-order valence-electron chi connectivity index (χ3n) is 7.54. The predicted molar refractivity (Wildman–Crippen MR) is 173 cm³/mol. The van der Waals surface area contributed by atoms with Crippen molar-refractivity contribution in [1.82, 2.24) is 35.3 Å². The van der Waals surface area contributed by atoms with Gasteiger partial charge in [-0.25, -0.2) is 14.6 Å². The Labute approximate surface area is 272 Å². The number of methoxy groups -OCH3 is 1. The van der Waals surface area contributed by atoms with Gasteiger partial charge in [0.25, 0.3) is 11.8 Å². The molecule has 1 aliphatic heterocycles. The second kappa shape index (κ2) is 15.0. The average molecular weight is 646 g/mol. The summed E-state index contributed by atoms with van der Waals surface area (Å²) in [7, 11) is 1.54. The van der Waals surface area contributed by atoms with E-state index in [0.717, 1.165) is 10.6 Å². The minimum Gasteiger partial charge on any atom is -0.493 e. The van der Waals surface area contributed by atoms with E-state index in [1.54, 1.807) is 35.2 Å². The molecule has 0 spiro atoms. The van der Waals surface area contributed by atoms with E-state index >= 15 is 0 Å². The summed E-state index contributed by atoms with van der Waals surface area (Å²) in [4.78, 5) is 51.0. The number of benzene rings is 2. The average Bonchev–Trinajstić information content (AvgIpc) is 3.66. The number of nitrogens with zero attached hydrogens (tertiary/aromatic N) is 5. The van der Waals surface area contributed by atoms with Gasteiger partial charge in [0.1, 0.15) is 23.9 Å². The zero-order valence-electron chi connectivity index (χ0n) is 26.5. The van der Waals surface area contributed by atoms with E-state index in [-0.39, 0.29) is 49.0 Å². The van der Waals surface area contributed by atoms with Crippen LogP contribution in [0.3, 0.4) is 0 Å². The van der Waals surface area contributed by atoms with Crippen LogP contribution in [0.25, 0.3) is 0 Å². The van der Waals surface area contributed by atoms with E-state index in [2.05, 4.69) is 25.7 Å². The molecule has 46 heavy (non-hydrogen) atoms. The molecule has 0 unspecified atom stereocenters. The molecule has 2 bridgehead atoms. The monoisotopic (exact) mass is 645 g/mol. The van der Waals surface area contributed by atoms with Crippen molar-refractivity contribution in [3.63, 3.8) is 0 Å². The Kier molecular flexibility index (Phi) is 10.6. The van der Waals surface area contributed by atoms with Crippen molar-refractivity contribution in [2.45, 2.75) is 46.2 Å². The number of hydrogen-bond donors (Lipinski definition) is 2. The lowest BCUT2D eigenvalue weighted by molar-refractivity contribution is -0.123. The molecule has 2 aromatic heterocycles. The van der Waals surface area contributed by atoms with Crippen LogP contribution in [0.15, 0.2) is 53.9 Å². The molecule has 0 radical (unpaired) electrons. The number of carbonyl (C=O) groups is 3. The smallest absolute Gasteiger partial charge is 0.273 e. The third kappa shape index (κ3) is 8.08. The van der Waals surface area contributed by atoms with Crippen LogP contribution in [0.5, 0.6) is 11.5 Å². The third-order valence-corrected chi connectivity index (χ3v) is 8.38. The number of nitrogens with one attached hydrogen (secondary N) is 2. The Morgan fingerprint density at radius 2 is 1.93 bits per heavy atom. The van der Waals surface area contributed by atoms with Crippen molar-refractivity contribution < 1.29 is 23.9 Å². The number of amides is 3. The molecule has 0 fully saturated rings. The van der Waals surface area contributed by atoms with Gasteiger partial charge in [-0.05, 0) is 43.0 Å². The highest BCUT2D eigenvalue weighted by Gasteiger charge is 2.28. The van der Waals surface area contributed by atoms with Gasteiger partial charge in [0.05, 0.1) is 31.2 Å². The van der Waals surface area contributed by atoms with Crippen LogP contribution in [-0.4, -0.2) is 75.7 Å². The molecule has 1 aliphatic rings. The molecular weight excluding hydrogens is 606 g/mol. The number of hydrogen-bond acceptors (Lipinski definition) is 9. The van der Waals surface area contributed by atoms with Crippen LogP contribution in [0.2, 0.25) is 0 Å². The van der Waals surface area contributed by atoms with Crippen molar-refractivity contribution in [1.29, 1.82) is 0 Å². The second-order valence-corrected chi connectivity index (χ2v) is 12.3. The Morgan fingerprint density at radius 3 is 2.70 bits per heavy atom. The van der Waals surface area contributed by atoms with Crippen molar-refractivity contribution in [2.75, 3.05) is 33.4 Å². The molecule has 242 valence electrons. The number of aromatic nitrogens is 4. The van der Waals surface area contributed by atoms with Gasteiger partial charge in [0.2, 0.25) is 5.91 Å². The molecule has 0 aliphatic carbocycles. The molecule has 4 aromatic rings. The van der Waals surface area contributed by atoms with Gasteiger partial charge < -0.3 is 25.0 Å². The number of rotatable bonds is 5. The topological polar surface area (TPSA) is 141 Å². The minimum atomic E-state index is -0.460. The maximum Gasteiger partial charge on any atom is 0.273 e. The van der Waals surface area contributed by atoms with Crippen LogP contribution < -0.4 is 20.1 Å².